The van der Waals surface area contributed by atoms with Crippen LogP contribution in [-0.2, 0) is 12.8 Å². The summed E-state index contributed by atoms with van der Waals surface area (Å²) in [5.41, 5.74) is 2.14. The maximum absolute atomic E-state index is 15.2. The molecule has 0 N–H and O–H groups in total. The molecule has 0 bridgehead atoms. The van der Waals surface area contributed by atoms with Gasteiger partial charge in [-0.2, -0.15) is 0 Å². The second-order valence-corrected chi connectivity index (χ2v) is 15.9. The second kappa shape index (κ2) is 23.7. The number of rotatable bonds is 22. The minimum atomic E-state index is -0.987. The molecule has 332 valence electrons. The summed E-state index contributed by atoms with van der Waals surface area (Å²) < 4.78 is 52.0. The monoisotopic (exact) mass is 868 g/mol. The third kappa shape index (κ3) is 13.7. The van der Waals surface area contributed by atoms with E-state index in [1.165, 1.54) is 113 Å². The number of esters is 4. The minimum Gasteiger partial charge on any atom is -0.423 e. The summed E-state index contributed by atoms with van der Waals surface area (Å²) in [6.45, 7) is 4.39. The fourth-order valence-corrected chi connectivity index (χ4v) is 7.27. The molecule has 0 aliphatic rings. The summed E-state index contributed by atoms with van der Waals surface area (Å²) in [6, 6.07) is 30.5. The molecule has 0 spiro atoms. The van der Waals surface area contributed by atoms with E-state index < -0.39 is 35.5 Å². The Balaban J connectivity index is 0.996. The molecule has 10 heteroatoms. The Bertz CT molecular complexity index is 2360. The zero-order valence-electron chi connectivity index (χ0n) is 36.5. The van der Waals surface area contributed by atoms with Crippen LogP contribution in [0.1, 0.15) is 143 Å². The number of benzene rings is 6. The van der Waals surface area contributed by atoms with Gasteiger partial charge in [0.2, 0.25) is 0 Å². The predicted octanol–water partition coefficient (Wildman–Crippen LogP) is 13.8. The summed E-state index contributed by atoms with van der Waals surface area (Å²) in [4.78, 5) is 51.6. The normalized spacial score (nSPS) is 11.0. The number of ether oxygens (including phenoxy) is 4. The van der Waals surface area contributed by atoms with E-state index >= 15 is 8.78 Å². The van der Waals surface area contributed by atoms with E-state index in [1.54, 1.807) is 36.4 Å². The number of halogens is 2. The van der Waals surface area contributed by atoms with Crippen molar-refractivity contribution < 1.29 is 46.9 Å². The molecule has 8 nitrogen and oxygen atoms in total. The Hall–Kier alpha value is -6.68. The van der Waals surface area contributed by atoms with E-state index in [2.05, 4.69) is 13.8 Å². The van der Waals surface area contributed by atoms with Crippen molar-refractivity contribution in [2.75, 3.05) is 0 Å². The zero-order valence-corrected chi connectivity index (χ0v) is 36.5. The number of hydrogen-bond acceptors (Lipinski definition) is 8. The van der Waals surface area contributed by atoms with Crippen molar-refractivity contribution in [2.24, 2.45) is 0 Å². The summed E-state index contributed by atoms with van der Waals surface area (Å²) in [5, 5.41) is 1.21. The molecule has 0 aromatic heterocycles. The molecule has 6 rings (SSSR count). The van der Waals surface area contributed by atoms with Crippen LogP contribution in [-0.4, -0.2) is 23.9 Å². The van der Waals surface area contributed by atoms with Gasteiger partial charge < -0.3 is 18.9 Å². The minimum absolute atomic E-state index is 0.0719. The van der Waals surface area contributed by atoms with Gasteiger partial charge >= 0.3 is 23.9 Å². The third-order valence-corrected chi connectivity index (χ3v) is 11.0. The third-order valence-electron chi connectivity index (χ3n) is 11.0. The molecule has 6 aromatic rings. The molecule has 0 saturated carbocycles. The van der Waals surface area contributed by atoms with Crippen molar-refractivity contribution in [3.63, 3.8) is 0 Å². The van der Waals surface area contributed by atoms with Crippen LogP contribution in [0.5, 0.6) is 23.0 Å². The van der Waals surface area contributed by atoms with Crippen LogP contribution >= 0.6 is 0 Å². The highest BCUT2D eigenvalue weighted by molar-refractivity contribution is 5.95. The quantitative estimate of drug-likeness (QED) is 0.0377. The lowest BCUT2D eigenvalue weighted by Crippen LogP contribution is -2.12. The molecule has 0 heterocycles. The molecule has 0 radical (unpaired) electrons. The van der Waals surface area contributed by atoms with Crippen molar-refractivity contribution >= 4 is 34.6 Å². The molecule has 0 aliphatic heterocycles. The Kier molecular flexibility index (Phi) is 17.3. The number of carbonyl (C=O) groups excluding carboxylic acids is 4. The first-order valence-electron chi connectivity index (χ1n) is 22.3. The second-order valence-electron chi connectivity index (χ2n) is 15.9. The van der Waals surface area contributed by atoms with Crippen molar-refractivity contribution in [2.45, 2.75) is 104 Å². The van der Waals surface area contributed by atoms with E-state index in [0.717, 1.165) is 48.9 Å². The number of fused-ring (bicyclic) bond motifs is 1. The van der Waals surface area contributed by atoms with Gasteiger partial charge in [-0.15, -0.1) is 0 Å². The van der Waals surface area contributed by atoms with Gasteiger partial charge in [-0.1, -0.05) is 114 Å². The number of aryl methyl sites for hydroxylation is 2. The molecule has 0 amide bonds. The lowest BCUT2D eigenvalue weighted by Gasteiger charge is -2.10. The maximum Gasteiger partial charge on any atom is 0.346 e. The molecule has 0 atom stereocenters. The van der Waals surface area contributed by atoms with E-state index in [9.17, 15) is 19.2 Å². The standard InChI is InChI=1S/C54H54F2O8/c1-3-5-7-9-11-13-15-37-17-21-40(22-18-37)51(57)61-45-29-31-47(49(55)35-45)53(59)63-43-27-25-39-26-28-44(34-42(39)33-43)64-54(60)48-32-30-46(36-50(48)56)62-52(58)41-23-19-38(20-24-41)16-14-12-10-8-6-4-2/h17-36H,3-16H2,1-2H3. The lowest BCUT2D eigenvalue weighted by molar-refractivity contribution is 0.0715. The first kappa shape index (κ1) is 46.8. The number of unbranched alkanes of at least 4 members (excludes halogenated alkanes) is 10. The lowest BCUT2D eigenvalue weighted by atomic mass is 10.0. The van der Waals surface area contributed by atoms with Gasteiger partial charge in [0, 0.05) is 12.1 Å². The van der Waals surface area contributed by atoms with Gasteiger partial charge in [-0.3, -0.25) is 0 Å². The zero-order chi connectivity index (χ0) is 45.3. The molecule has 0 unspecified atom stereocenters. The Labute approximate surface area is 373 Å². The smallest absolute Gasteiger partial charge is 0.346 e. The molecule has 0 fully saturated rings. The van der Waals surface area contributed by atoms with Crippen molar-refractivity contribution in [1.82, 2.24) is 0 Å². The molecule has 0 aliphatic carbocycles. The fraction of sp³-hybridized carbons (Fsp3) is 0.296. The molecule has 0 saturated heterocycles. The summed E-state index contributed by atoms with van der Waals surface area (Å²) in [5.74, 6) is -5.15. The average molecular weight is 869 g/mol. The molecular formula is C54H54F2O8. The predicted molar refractivity (Wildman–Crippen MR) is 244 cm³/mol. The van der Waals surface area contributed by atoms with Crippen LogP contribution in [0, 0.1) is 11.6 Å². The first-order chi connectivity index (χ1) is 31.1. The van der Waals surface area contributed by atoms with Gasteiger partial charge in [0.25, 0.3) is 0 Å². The highest BCUT2D eigenvalue weighted by atomic mass is 19.1. The Morgan fingerprint density at radius 2 is 0.719 bits per heavy atom. The van der Waals surface area contributed by atoms with Crippen LogP contribution in [0.4, 0.5) is 8.78 Å². The van der Waals surface area contributed by atoms with Gasteiger partial charge in [-0.05, 0) is 120 Å². The molecule has 6 aromatic carbocycles. The summed E-state index contributed by atoms with van der Waals surface area (Å²) in [7, 11) is 0. The molecule has 64 heavy (non-hydrogen) atoms. The van der Waals surface area contributed by atoms with Crippen molar-refractivity contribution in [3.05, 3.63) is 166 Å². The summed E-state index contributed by atoms with van der Waals surface area (Å²) >= 11 is 0. The van der Waals surface area contributed by atoms with Crippen LogP contribution in [0.2, 0.25) is 0 Å². The highest BCUT2D eigenvalue weighted by Gasteiger charge is 2.20. The van der Waals surface area contributed by atoms with Gasteiger partial charge in [0.15, 0.2) is 0 Å². The fourth-order valence-electron chi connectivity index (χ4n) is 7.27. The average Bonchev–Trinajstić information content (AvgIpc) is 3.29. The highest BCUT2D eigenvalue weighted by Crippen LogP contribution is 2.28. The Morgan fingerprint density at radius 1 is 0.375 bits per heavy atom. The first-order valence-corrected chi connectivity index (χ1v) is 22.3. The number of hydrogen-bond donors (Lipinski definition) is 0. The Morgan fingerprint density at radius 3 is 1.11 bits per heavy atom. The van der Waals surface area contributed by atoms with E-state index in [1.807, 2.05) is 24.3 Å². The van der Waals surface area contributed by atoms with Crippen LogP contribution in [0.3, 0.4) is 0 Å². The SMILES string of the molecule is CCCCCCCCc1ccc(C(=O)Oc2ccc(C(=O)Oc3ccc4ccc(OC(=O)c5ccc(OC(=O)c6ccc(CCCCCCCC)cc6)cc5F)cc4c3)c(F)c2)cc1. The van der Waals surface area contributed by atoms with Crippen LogP contribution < -0.4 is 18.9 Å². The van der Waals surface area contributed by atoms with Crippen LogP contribution in [0.15, 0.2) is 121 Å². The summed E-state index contributed by atoms with van der Waals surface area (Å²) in [6.07, 6.45) is 16.2. The van der Waals surface area contributed by atoms with E-state index in [-0.39, 0.29) is 34.1 Å². The van der Waals surface area contributed by atoms with E-state index in [4.69, 9.17) is 18.9 Å². The van der Waals surface area contributed by atoms with Crippen LogP contribution in [0.25, 0.3) is 10.8 Å². The van der Waals surface area contributed by atoms with Gasteiger partial charge in [-0.25, -0.2) is 28.0 Å². The topological polar surface area (TPSA) is 105 Å². The van der Waals surface area contributed by atoms with Crippen molar-refractivity contribution in [3.8, 4) is 23.0 Å². The van der Waals surface area contributed by atoms with Gasteiger partial charge in [0.1, 0.15) is 34.6 Å². The number of carbonyl (C=O) groups is 4. The maximum atomic E-state index is 15.2. The van der Waals surface area contributed by atoms with Crippen molar-refractivity contribution in [1.29, 1.82) is 0 Å². The van der Waals surface area contributed by atoms with Gasteiger partial charge in [0.05, 0.1) is 22.3 Å². The van der Waals surface area contributed by atoms with E-state index in [0.29, 0.717) is 21.9 Å². The largest absolute Gasteiger partial charge is 0.423 e. The molecular weight excluding hydrogens is 815 g/mol.